The zero-order chi connectivity index (χ0) is 12.5. The third-order valence-corrected chi connectivity index (χ3v) is 2.60. The molecule has 0 amide bonds. The van der Waals surface area contributed by atoms with Gasteiger partial charge in [0.15, 0.2) is 5.82 Å². The third-order valence-electron chi connectivity index (χ3n) is 2.43. The summed E-state index contributed by atoms with van der Waals surface area (Å²) in [7, 11) is 1.48. The molecule has 0 radical (unpaired) electrons. The Bertz CT molecular complexity index is 711. The fraction of sp³-hybridized carbons (Fsp3) is 0.0909. The van der Waals surface area contributed by atoms with Crippen molar-refractivity contribution < 1.29 is 4.74 Å². The molecule has 0 unspecified atom stereocenters. The molecule has 18 heavy (non-hydrogen) atoms. The maximum absolute atomic E-state index is 5.84. The SMILES string of the molecule is COc1nc(Cl)nc(-c2cccc3nccn23)n1. The zero-order valence-corrected chi connectivity index (χ0v) is 10.2. The molecule has 0 saturated carbocycles. The van der Waals surface area contributed by atoms with E-state index in [1.54, 1.807) is 6.20 Å². The number of nitrogens with zero attached hydrogens (tertiary/aromatic N) is 5. The van der Waals surface area contributed by atoms with Gasteiger partial charge in [-0.25, -0.2) is 4.98 Å². The molecule has 0 aliphatic carbocycles. The fourth-order valence-electron chi connectivity index (χ4n) is 1.67. The molecule has 0 bridgehead atoms. The number of hydrogen-bond donors (Lipinski definition) is 0. The van der Waals surface area contributed by atoms with Crippen LogP contribution in [0.2, 0.25) is 5.28 Å². The van der Waals surface area contributed by atoms with Crippen LogP contribution in [0.5, 0.6) is 6.01 Å². The van der Waals surface area contributed by atoms with Crippen LogP contribution in [0.15, 0.2) is 30.6 Å². The minimum atomic E-state index is 0.0916. The third kappa shape index (κ3) is 1.76. The highest BCUT2D eigenvalue weighted by molar-refractivity contribution is 6.28. The Morgan fingerprint density at radius 1 is 1.22 bits per heavy atom. The second-order valence-electron chi connectivity index (χ2n) is 3.48. The van der Waals surface area contributed by atoms with Crippen molar-refractivity contribution in [3.8, 4) is 17.5 Å². The van der Waals surface area contributed by atoms with Crippen LogP contribution < -0.4 is 4.74 Å². The highest BCUT2D eigenvalue weighted by atomic mass is 35.5. The quantitative estimate of drug-likeness (QED) is 0.704. The fourth-order valence-corrected chi connectivity index (χ4v) is 1.82. The first-order valence-corrected chi connectivity index (χ1v) is 5.54. The summed E-state index contributed by atoms with van der Waals surface area (Å²) in [6, 6.07) is 5.83. The van der Waals surface area contributed by atoms with Gasteiger partial charge in [-0.05, 0) is 23.7 Å². The molecule has 3 aromatic rings. The lowest BCUT2D eigenvalue weighted by molar-refractivity contribution is 0.378. The van der Waals surface area contributed by atoms with Gasteiger partial charge in [0.05, 0.1) is 12.8 Å². The first-order chi connectivity index (χ1) is 8.78. The van der Waals surface area contributed by atoms with E-state index in [1.165, 1.54) is 7.11 Å². The monoisotopic (exact) mass is 261 g/mol. The van der Waals surface area contributed by atoms with Crippen LogP contribution in [0, 0.1) is 0 Å². The minimum absolute atomic E-state index is 0.0916. The Hall–Kier alpha value is -2.21. The molecule has 3 rings (SSSR count). The average molecular weight is 262 g/mol. The van der Waals surface area contributed by atoms with Gasteiger partial charge < -0.3 is 4.74 Å². The topological polar surface area (TPSA) is 65.2 Å². The highest BCUT2D eigenvalue weighted by Gasteiger charge is 2.10. The lowest BCUT2D eigenvalue weighted by Gasteiger charge is -2.05. The van der Waals surface area contributed by atoms with E-state index in [9.17, 15) is 0 Å². The summed E-state index contributed by atoms with van der Waals surface area (Å²) >= 11 is 5.84. The van der Waals surface area contributed by atoms with Gasteiger partial charge in [0, 0.05) is 12.4 Å². The van der Waals surface area contributed by atoms with Crippen LogP contribution in [0.1, 0.15) is 0 Å². The summed E-state index contributed by atoms with van der Waals surface area (Å²) < 4.78 is 6.85. The van der Waals surface area contributed by atoms with Crippen molar-refractivity contribution >= 4 is 17.2 Å². The predicted octanol–water partition coefficient (Wildman–Crippen LogP) is 1.85. The Kier molecular flexibility index (Phi) is 2.56. The smallest absolute Gasteiger partial charge is 0.321 e. The van der Waals surface area contributed by atoms with Crippen LogP contribution in [0.3, 0.4) is 0 Å². The van der Waals surface area contributed by atoms with E-state index >= 15 is 0 Å². The molecule has 90 valence electrons. The molecule has 0 aliphatic rings. The van der Waals surface area contributed by atoms with Gasteiger partial charge in [-0.2, -0.15) is 15.0 Å². The maximum Gasteiger partial charge on any atom is 0.321 e. The summed E-state index contributed by atoms with van der Waals surface area (Å²) in [6.07, 6.45) is 3.54. The first kappa shape index (κ1) is 10.9. The number of aromatic nitrogens is 5. The molecule has 0 fully saturated rings. The largest absolute Gasteiger partial charge is 0.467 e. The standard InChI is InChI=1S/C11H8ClN5O/c1-18-11-15-9(14-10(12)16-11)7-3-2-4-8-13-5-6-17(7)8/h2-6H,1H3. The van der Waals surface area contributed by atoms with Crippen LogP contribution in [0.25, 0.3) is 17.2 Å². The molecule has 3 aromatic heterocycles. The van der Waals surface area contributed by atoms with Gasteiger partial charge >= 0.3 is 6.01 Å². The molecular formula is C11H8ClN5O. The Morgan fingerprint density at radius 2 is 2.11 bits per heavy atom. The van der Waals surface area contributed by atoms with Crippen molar-refractivity contribution in [3.63, 3.8) is 0 Å². The minimum Gasteiger partial charge on any atom is -0.467 e. The summed E-state index contributed by atoms with van der Waals surface area (Å²) in [4.78, 5) is 16.3. The number of rotatable bonds is 2. The van der Waals surface area contributed by atoms with Crippen molar-refractivity contribution in [2.24, 2.45) is 0 Å². The van der Waals surface area contributed by atoms with Crippen molar-refractivity contribution in [3.05, 3.63) is 35.9 Å². The summed E-state index contributed by atoms with van der Waals surface area (Å²) in [6.45, 7) is 0. The normalized spacial score (nSPS) is 10.8. The number of ether oxygens (including phenoxy) is 1. The van der Waals surface area contributed by atoms with Crippen molar-refractivity contribution in [1.82, 2.24) is 24.3 Å². The molecule has 0 N–H and O–H groups in total. The molecule has 0 aromatic carbocycles. The number of fused-ring (bicyclic) bond motifs is 1. The Labute approximate surface area is 107 Å². The van der Waals surface area contributed by atoms with Crippen LogP contribution in [-0.2, 0) is 0 Å². The van der Waals surface area contributed by atoms with E-state index in [1.807, 2.05) is 28.8 Å². The summed E-state index contributed by atoms with van der Waals surface area (Å²) in [5.74, 6) is 0.440. The summed E-state index contributed by atoms with van der Waals surface area (Å²) in [5.41, 5.74) is 1.58. The number of hydrogen-bond acceptors (Lipinski definition) is 5. The first-order valence-electron chi connectivity index (χ1n) is 5.16. The number of imidazole rings is 1. The van der Waals surface area contributed by atoms with E-state index < -0.39 is 0 Å². The zero-order valence-electron chi connectivity index (χ0n) is 9.41. The molecule has 3 heterocycles. The van der Waals surface area contributed by atoms with Gasteiger partial charge in [0.2, 0.25) is 5.28 Å². The maximum atomic E-state index is 5.84. The van der Waals surface area contributed by atoms with E-state index in [0.717, 1.165) is 11.3 Å². The number of halogens is 1. The van der Waals surface area contributed by atoms with E-state index in [2.05, 4.69) is 19.9 Å². The molecule has 0 atom stereocenters. The predicted molar refractivity (Wildman–Crippen MR) is 65.6 cm³/mol. The lowest BCUT2D eigenvalue weighted by Crippen LogP contribution is -2.00. The van der Waals surface area contributed by atoms with Crippen molar-refractivity contribution in [2.45, 2.75) is 0 Å². The summed E-state index contributed by atoms with van der Waals surface area (Å²) in [5, 5.41) is 0.0916. The van der Waals surface area contributed by atoms with E-state index in [0.29, 0.717) is 5.82 Å². The number of pyridine rings is 1. The van der Waals surface area contributed by atoms with Gasteiger partial charge in [-0.15, -0.1) is 0 Å². The van der Waals surface area contributed by atoms with Crippen molar-refractivity contribution in [2.75, 3.05) is 7.11 Å². The molecule has 7 heteroatoms. The van der Waals surface area contributed by atoms with Crippen LogP contribution in [-0.4, -0.2) is 31.4 Å². The molecule has 6 nitrogen and oxygen atoms in total. The lowest BCUT2D eigenvalue weighted by atomic mass is 10.3. The molecule has 0 aliphatic heterocycles. The highest BCUT2D eigenvalue weighted by Crippen LogP contribution is 2.19. The van der Waals surface area contributed by atoms with E-state index in [4.69, 9.17) is 16.3 Å². The molecular weight excluding hydrogens is 254 g/mol. The van der Waals surface area contributed by atoms with Gasteiger partial charge in [0.1, 0.15) is 5.65 Å². The Balaban J connectivity index is 2.25. The Morgan fingerprint density at radius 3 is 2.94 bits per heavy atom. The van der Waals surface area contributed by atoms with Gasteiger partial charge in [-0.1, -0.05) is 6.07 Å². The van der Waals surface area contributed by atoms with Crippen molar-refractivity contribution in [1.29, 1.82) is 0 Å². The van der Waals surface area contributed by atoms with Crippen LogP contribution >= 0.6 is 11.6 Å². The molecule has 0 spiro atoms. The second-order valence-corrected chi connectivity index (χ2v) is 3.82. The molecule has 0 saturated heterocycles. The second kappa shape index (κ2) is 4.23. The van der Waals surface area contributed by atoms with Gasteiger partial charge in [0.25, 0.3) is 0 Å². The average Bonchev–Trinajstić information content (AvgIpc) is 2.85. The van der Waals surface area contributed by atoms with Crippen LogP contribution in [0.4, 0.5) is 0 Å². The number of methoxy groups -OCH3 is 1. The van der Waals surface area contributed by atoms with Gasteiger partial charge in [-0.3, -0.25) is 4.40 Å². The van der Waals surface area contributed by atoms with E-state index in [-0.39, 0.29) is 11.3 Å².